The van der Waals surface area contributed by atoms with Crippen LogP contribution in [0.4, 0.5) is 0 Å². The summed E-state index contributed by atoms with van der Waals surface area (Å²) in [6.45, 7) is 3.30. The summed E-state index contributed by atoms with van der Waals surface area (Å²) in [7, 11) is 1.68. The predicted octanol–water partition coefficient (Wildman–Crippen LogP) is 1.17. The van der Waals surface area contributed by atoms with Crippen LogP contribution in [0.25, 0.3) is 0 Å². The maximum absolute atomic E-state index is 12.4. The van der Waals surface area contributed by atoms with Gasteiger partial charge in [-0.05, 0) is 25.0 Å². The summed E-state index contributed by atoms with van der Waals surface area (Å²) in [4.78, 5) is 16.5. The number of rotatable bonds is 4. The van der Waals surface area contributed by atoms with Crippen LogP contribution in [0.1, 0.15) is 22.5 Å². The Balaban J connectivity index is 1.70. The van der Waals surface area contributed by atoms with Gasteiger partial charge in [0.25, 0.3) is 5.91 Å². The summed E-state index contributed by atoms with van der Waals surface area (Å²) < 4.78 is 11.0. The lowest BCUT2D eigenvalue weighted by atomic mass is 9.67. The fourth-order valence-corrected chi connectivity index (χ4v) is 3.38. The molecule has 2 fully saturated rings. The van der Waals surface area contributed by atoms with Gasteiger partial charge in [0.05, 0.1) is 12.7 Å². The molecule has 108 valence electrons. The van der Waals surface area contributed by atoms with Crippen LogP contribution in [0, 0.1) is 18.8 Å². The normalized spacial score (nSPS) is 31.5. The summed E-state index contributed by atoms with van der Waals surface area (Å²) in [5.74, 6) is 0.572. The smallest absolute Gasteiger partial charge is 0.270 e. The first-order valence-electron chi connectivity index (χ1n) is 7.05. The Morgan fingerprint density at radius 2 is 2.45 bits per heavy atom. The monoisotopic (exact) mass is 276 g/mol. The van der Waals surface area contributed by atoms with Gasteiger partial charge < -0.3 is 14.8 Å². The number of pyridine rings is 1. The Kier molecular flexibility index (Phi) is 3.72. The Bertz CT molecular complexity index is 506. The van der Waals surface area contributed by atoms with Gasteiger partial charge in [-0.3, -0.25) is 9.78 Å². The van der Waals surface area contributed by atoms with Crippen LogP contribution < -0.4 is 5.32 Å². The predicted molar refractivity (Wildman–Crippen MR) is 73.4 cm³/mol. The molecule has 5 nitrogen and oxygen atoms in total. The molecule has 1 aromatic heterocycles. The summed E-state index contributed by atoms with van der Waals surface area (Å²) in [5, 5.41) is 3.12. The van der Waals surface area contributed by atoms with Gasteiger partial charge in [-0.15, -0.1) is 0 Å². The molecule has 0 spiro atoms. The molecule has 1 N–H and O–H groups in total. The van der Waals surface area contributed by atoms with Crippen molar-refractivity contribution in [1.29, 1.82) is 0 Å². The van der Waals surface area contributed by atoms with Crippen LogP contribution in [-0.2, 0) is 9.47 Å². The third-order valence-corrected chi connectivity index (χ3v) is 4.41. The number of carbonyl (C=O) groups is 1. The van der Waals surface area contributed by atoms with Crippen LogP contribution in [0.5, 0.6) is 0 Å². The molecule has 1 aliphatic heterocycles. The van der Waals surface area contributed by atoms with Gasteiger partial charge in [-0.2, -0.15) is 0 Å². The molecule has 5 heteroatoms. The number of nitrogens with zero attached hydrogens (tertiary/aromatic N) is 1. The van der Waals surface area contributed by atoms with E-state index in [4.69, 9.17) is 9.47 Å². The maximum Gasteiger partial charge on any atom is 0.270 e. The molecular weight excluding hydrogens is 256 g/mol. The van der Waals surface area contributed by atoms with Gasteiger partial charge in [0.1, 0.15) is 5.69 Å². The molecule has 2 aliphatic rings. The van der Waals surface area contributed by atoms with E-state index in [1.54, 1.807) is 13.3 Å². The van der Waals surface area contributed by atoms with Gasteiger partial charge >= 0.3 is 0 Å². The van der Waals surface area contributed by atoms with Crippen molar-refractivity contribution in [3.05, 3.63) is 29.6 Å². The van der Waals surface area contributed by atoms with Crippen LogP contribution in [-0.4, -0.2) is 43.4 Å². The topological polar surface area (TPSA) is 60.5 Å². The summed E-state index contributed by atoms with van der Waals surface area (Å²) in [6, 6.07) is 3.87. The van der Waals surface area contributed by atoms with Crippen molar-refractivity contribution in [3.8, 4) is 0 Å². The number of aromatic nitrogens is 1. The molecule has 0 aromatic carbocycles. The van der Waals surface area contributed by atoms with Gasteiger partial charge in [0.2, 0.25) is 0 Å². The number of aryl methyl sites for hydroxylation is 1. The number of hydrogen-bond acceptors (Lipinski definition) is 4. The second-order valence-electron chi connectivity index (χ2n) is 5.58. The number of nitrogens with one attached hydrogen (secondary N) is 1. The minimum absolute atomic E-state index is 0.0976. The van der Waals surface area contributed by atoms with Gasteiger partial charge in [-0.25, -0.2) is 0 Å². The van der Waals surface area contributed by atoms with Crippen LogP contribution in [0.2, 0.25) is 0 Å². The van der Waals surface area contributed by atoms with Crippen molar-refractivity contribution in [3.63, 3.8) is 0 Å². The number of ether oxygens (including phenoxy) is 2. The van der Waals surface area contributed by atoms with Crippen molar-refractivity contribution in [2.75, 3.05) is 20.3 Å². The van der Waals surface area contributed by atoms with E-state index in [-0.39, 0.29) is 24.0 Å². The van der Waals surface area contributed by atoms with Gasteiger partial charge in [0.15, 0.2) is 0 Å². The molecular formula is C15H20N2O3. The van der Waals surface area contributed by atoms with Crippen molar-refractivity contribution >= 4 is 5.91 Å². The highest BCUT2D eigenvalue weighted by Crippen LogP contribution is 2.43. The standard InChI is InChI=1S/C15H20N2O3/c1-9-4-3-6-16-12(9)15(18)17-13-10-5-7-20-14(10)11(13)8-19-2/h3-4,6,10-11,13-14H,5,7-8H2,1-2H3,(H,17,18)/t10-,11+,13+,14-/m0/s1. The maximum atomic E-state index is 12.4. The largest absolute Gasteiger partial charge is 0.384 e. The third-order valence-electron chi connectivity index (χ3n) is 4.41. The lowest BCUT2D eigenvalue weighted by Crippen LogP contribution is -2.62. The molecule has 1 saturated heterocycles. The molecule has 2 heterocycles. The molecule has 3 rings (SSSR count). The Labute approximate surface area is 118 Å². The molecule has 1 amide bonds. The lowest BCUT2D eigenvalue weighted by molar-refractivity contribution is -0.0810. The van der Waals surface area contributed by atoms with E-state index in [0.29, 0.717) is 18.2 Å². The van der Waals surface area contributed by atoms with E-state index in [2.05, 4.69) is 10.3 Å². The minimum Gasteiger partial charge on any atom is -0.384 e. The number of amides is 1. The lowest BCUT2D eigenvalue weighted by Gasteiger charge is -2.47. The summed E-state index contributed by atoms with van der Waals surface area (Å²) in [5.41, 5.74) is 1.40. The summed E-state index contributed by atoms with van der Waals surface area (Å²) >= 11 is 0. The highest BCUT2D eigenvalue weighted by molar-refractivity contribution is 5.93. The van der Waals surface area contributed by atoms with Gasteiger partial charge in [0, 0.05) is 37.8 Å². The molecule has 0 bridgehead atoms. The van der Waals surface area contributed by atoms with Crippen LogP contribution >= 0.6 is 0 Å². The molecule has 0 unspecified atom stereocenters. The van der Waals surface area contributed by atoms with Crippen molar-refractivity contribution in [2.45, 2.75) is 25.5 Å². The molecule has 20 heavy (non-hydrogen) atoms. The Morgan fingerprint density at radius 1 is 1.60 bits per heavy atom. The van der Waals surface area contributed by atoms with Crippen molar-refractivity contribution in [1.82, 2.24) is 10.3 Å². The van der Waals surface area contributed by atoms with Crippen LogP contribution in [0.15, 0.2) is 18.3 Å². The Hall–Kier alpha value is -1.46. The zero-order valence-corrected chi connectivity index (χ0v) is 11.8. The third kappa shape index (κ3) is 2.21. The second-order valence-corrected chi connectivity index (χ2v) is 5.58. The number of fused-ring (bicyclic) bond motifs is 1. The van der Waals surface area contributed by atoms with Gasteiger partial charge in [-0.1, -0.05) is 6.07 Å². The first-order chi connectivity index (χ1) is 9.72. The fourth-order valence-electron chi connectivity index (χ4n) is 3.38. The minimum atomic E-state index is -0.0976. The quantitative estimate of drug-likeness (QED) is 0.897. The van der Waals surface area contributed by atoms with E-state index >= 15 is 0 Å². The van der Waals surface area contributed by atoms with Crippen molar-refractivity contribution in [2.24, 2.45) is 11.8 Å². The Morgan fingerprint density at radius 3 is 3.20 bits per heavy atom. The average Bonchev–Trinajstić information content (AvgIpc) is 2.87. The zero-order valence-electron chi connectivity index (χ0n) is 11.8. The van der Waals surface area contributed by atoms with Crippen LogP contribution in [0.3, 0.4) is 0 Å². The van der Waals surface area contributed by atoms with E-state index in [9.17, 15) is 4.79 Å². The van der Waals surface area contributed by atoms with E-state index in [1.165, 1.54) is 0 Å². The second kappa shape index (κ2) is 5.50. The summed E-state index contributed by atoms with van der Waals surface area (Å²) in [6.07, 6.45) is 2.90. The number of hydrogen-bond donors (Lipinski definition) is 1. The molecule has 1 saturated carbocycles. The van der Waals surface area contributed by atoms with Crippen molar-refractivity contribution < 1.29 is 14.3 Å². The fraction of sp³-hybridized carbons (Fsp3) is 0.600. The molecule has 1 aliphatic carbocycles. The SMILES string of the molecule is COC[C@@H]1[C@H](NC(=O)c2ncccc2C)[C@@H]2CCO[C@H]12. The molecule has 4 atom stereocenters. The first-order valence-corrected chi connectivity index (χ1v) is 7.05. The average molecular weight is 276 g/mol. The number of carbonyl (C=O) groups excluding carboxylic acids is 1. The van der Waals surface area contributed by atoms with E-state index in [0.717, 1.165) is 18.6 Å². The highest BCUT2D eigenvalue weighted by Gasteiger charge is 2.54. The molecule has 1 aromatic rings. The first kappa shape index (κ1) is 13.5. The number of methoxy groups -OCH3 is 1. The highest BCUT2D eigenvalue weighted by atomic mass is 16.5. The zero-order chi connectivity index (χ0) is 14.1. The van der Waals surface area contributed by atoms with E-state index in [1.807, 2.05) is 19.1 Å². The van der Waals surface area contributed by atoms with E-state index < -0.39 is 0 Å². The molecule has 0 radical (unpaired) electrons.